The second-order valence-electron chi connectivity index (χ2n) is 8.95. The van der Waals surface area contributed by atoms with E-state index in [-0.39, 0.29) is 12.1 Å². The summed E-state index contributed by atoms with van der Waals surface area (Å²) < 4.78 is 5.20. The topological polar surface area (TPSA) is 85.7 Å². The Labute approximate surface area is 210 Å². The zero-order chi connectivity index (χ0) is 25.1. The average molecular weight is 479 g/mol. The van der Waals surface area contributed by atoms with Gasteiger partial charge in [0, 0.05) is 31.5 Å². The van der Waals surface area contributed by atoms with Crippen molar-refractivity contribution >= 4 is 23.8 Å². The van der Waals surface area contributed by atoms with Crippen molar-refractivity contribution in [1.82, 2.24) is 10.2 Å². The largest absolute Gasteiger partial charge is 0.447 e. The highest BCUT2D eigenvalue weighted by Gasteiger charge is 2.37. The van der Waals surface area contributed by atoms with Gasteiger partial charge in [-0.3, -0.25) is 9.69 Å². The van der Waals surface area contributed by atoms with Gasteiger partial charge in [-0.25, -0.2) is 4.79 Å². The van der Waals surface area contributed by atoms with Gasteiger partial charge in [0.1, 0.15) is 6.61 Å². The van der Waals surface area contributed by atoms with Gasteiger partial charge in [-0.1, -0.05) is 42.5 Å². The summed E-state index contributed by atoms with van der Waals surface area (Å²) in [7, 11) is 0. The van der Waals surface area contributed by atoms with Crippen LogP contribution in [-0.2, 0) is 9.53 Å². The molecule has 2 aliphatic rings. The summed E-state index contributed by atoms with van der Waals surface area (Å²) in [6, 6.07) is 24.4. The fourth-order valence-electron chi connectivity index (χ4n) is 4.99. The van der Waals surface area contributed by atoms with E-state index in [4.69, 9.17) is 4.74 Å². The van der Waals surface area contributed by atoms with Gasteiger partial charge in [-0.2, -0.15) is 5.26 Å². The Morgan fingerprint density at radius 2 is 1.69 bits per heavy atom. The third-order valence-corrected chi connectivity index (χ3v) is 6.81. The van der Waals surface area contributed by atoms with Crippen LogP contribution >= 0.6 is 0 Å². The van der Waals surface area contributed by atoms with Crippen LogP contribution in [0.2, 0.25) is 0 Å². The van der Waals surface area contributed by atoms with Crippen LogP contribution < -0.4 is 10.2 Å². The Kier molecular flexibility index (Phi) is 6.42. The summed E-state index contributed by atoms with van der Waals surface area (Å²) in [5, 5.41) is 11.8. The SMILES string of the molecule is C/C(=C/NC=O)c1c(-c2ccc(C#N)cc2)cccc1-c1ccc(N2CCN3C(=O)OCC3C2)cc1. The van der Waals surface area contributed by atoms with Crippen molar-refractivity contribution in [1.29, 1.82) is 5.26 Å². The first-order chi connectivity index (χ1) is 17.6. The Morgan fingerprint density at radius 1 is 1.03 bits per heavy atom. The molecule has 0 bridgehead atoms. The predicted molar refractivity (Wildman–Crippen MR) is 139 cm³/mol. The summed E-state index contributed by atoms with van der Waals surface area (Å²) in [6.45, 7) is 4.60. The van der Waals surface area contributed by atoms with E-state index in [2.05, 4.69) is 52.7 Å². The summed E-state index contributed by atoms with van der Waals surface area (Å²) >= 11 is 0. The number of nitriles is 1. The van der Waals surface area contributed by atoms with Crippen LogP contribution in [-0.4, -0.2) is 49.7 Å². The molecule has 2 amide bonds. The average Bonchev–Trinajstić information content (AvgIpc) is 3.31. The number of benzene rings is 3. The van der Waals surface area contributed by atoms with Crippen LogP contribution in [0, 0.1) is 11.3 Å². The van der Waals surface area contributed by atoms with Crippen molar-refractivity contribution in [2.75, 3.05) is 31.1 Å². The second-order valence-corrected chi connectivity index (χ2v) is 8.95. The number of hydrogen-bond donors (Lipinski definition) is 1. The lowest BCUT2D eigenvalue weighted by Gasteiger charge is -2.36. The number of nitrogens with zero attached hydrogens (tertiary/aromatic N) is 3. The second kappa shape index (κ2) is 9.96. The molecule has 0 spiro atoms. The number of hydrogen-bond acceptors (Lipinski definition) is 5. The van der Waals surface area contributed by atoms with Gasteiger partial charge < -0.3 is 15.0 Å². The molecular weight excluding hydrogens is 452 g/mol. The van der Waals surface area contributed by atoms with Crippen LogP contribution in [0.5, 0.6) is 0 Å². The van der Waals surface area contributed by atoms with E-state index < -0.39 is 0 Å². The van der Waals surface area contributed by atoms with E-state index in [0.29, 0.717) is 25.1 Å². The molecule has 1 atom stereocenters. The molecule has 7 nitrogen and oxygen atoms in total. The number of piperazine rings is 1. The minimum absolute atomic E-state index is 0.0970. The van der Waals surface area contributed by atoms with Crippen LogP contribution in [0.25, 0.3) is 27.8 Å². The molecule has 7 heteroatoms. The molecular formula is C29H26N4O3. The van der Waals surface area contributed by atoms with Crippen molar-refractivity contribution in [2.45, 2.75) is 13.0 Å². The minimum Gasteiger partial charge on any atom is -0.447 e. The molecule has 2 fully saturated rings. The molecule has 2 heterocycles. The molecule has 3 aromatic rings. The van der Waals surface area contributed by atoms with Gasteiger partial charge in [0.2, 0.25) is 6.41 Å². The number of carbonyl (C=O) groups is 2. The number of amides is 2. The third kappa shape index (κ3) is 4.41. The number of rotatable bonds is 6. The van der Waals surface area contributed by atoms with Gasteiger partial charge in [-0.05, 0) is 64.6 Å². The minimum atomic E-state index is -0.211. The Balaban J connectivity index is 1.49. The smallest absolute Gasteiger partial charge is 0.410 e. The van der Waals surface area contributed by atoms with Gasteiger partial charge in [0.25, 0.3) is 0 Å². The summed E-state index contributed by atoms with van der Waals surface area (Å²) in [5.74, 6) is 0. The van der Waals surface area contributed by atoms with E-state index in [9.17, 15) is 14.9 Å². The van der Waals surface area contributed by atoms with Crippen molar-refractivity contribution in [2.24, 2.45) is 0 Å². The molecule has 1 unspecified atom stereocenters. The van der Waals surface area contributed by atoms with Gasteiger partial charge in [0.05, 0.1) is 17.7 Å². The first-order valence-electron chi connectivity index (χ1n) is 11.9. The first kappa shape index (κ1) is 23.2. The van der Waals surface area contributed by atoms with Crippen molar-refractivity contribution in [3.05, 3.63) is 84.1 Å². The lowest BCUT2D eigenvalue weighted by molar-refractivity contribution is -0.108. The van der Waals surface area contributed by atoms with Gasteiger partial charge in [-0.15, -0.1) is 0 Å². The molecule has 0 saturated carbocycles. The Morgan fingerprint density at radius 3 is 2.33 bits per heavy atom. The van der Waals surface area contributed by atoms with Crippen LogP contribution in [0.1, 0.15) is 18.1 Å². The van der Waals surface area contributed by atoms with E-state index in [1.807, 2.05) is 42.2 Å². The van der Waals surface area contributed by atoms with Gasteiger partial charge in [0.15, 0.2) is 0 Å². The molecule has 1 N–H and O–H groups in total. The quantitative estimate of drug-likeness (QED) is 0.522. The predicted octanol–water partition coefficient (Wildman–Crippen LogP) is 4.64. The zero-order valence-corrected chi connectivity index (χ0v) is 20.0. The monoisotopic (exact) mass is 478 g/mol. The Bertz CT molecular complexity index is 1360. The van der Waals surface area contributed by atoms with Crippen molar-refractivity contribution < 1.29 is 14.3 Å². The van der Waals surface area contributed by atoms with Crippen molar-refractivity contribution in [3.8, 4) is 28.3 Å². The number of nitrogens with one attached hydrogen (secondary N) is 1. The summed E-state index contributed by atoms with van der Waals surface area (Å²) in [5.41, 5.74) is 7.76. The molecule has 2 aliphatic heterocycles. The normalized spacial score (nSPS) is 17.3. The maximum Gasteiger partial charge on any atom is 0.410 e. The molecule has 3 aromatic carbocycles. The number of carbonyl (C=O) groups excluding carboxylic acids is 2. The van der Waals surface area contributed by atoms with Crippen LogP contribution in [0.15, 0.2) is 72.9 Å². The van der Waals surface area contributed by atoms with E-state index in [1.165, 1.54) is 0 Å². The molecule has 0 aromatic heterocycles. The highest BCUT2D eigenvalue weighted by molar-refractivity contribution is 5.91. The number of allylic oxidation sites excluding steroid dienone is 1. The fourth-order valence-corrected chi connectivity index (χ4v) is 4.99. The Hall–Kier alpha value is -4.57. The molecule has 2 saturated heterocycles. The maximum atomic E-state index is 11.8. The molecule has 5 rings (SSSR count). The molecule has 0 radical (unpaired) electrons. The molecule has 36 heavy (non-hydrogen) atoms. The van der Waals surface area contributed by atoms with Crippen molar-refractivity contribution in [3.63, 3.8) is 0 Å². The number of anilines is 1. The van der Waals surface area contributed by atoms with E-state index >= 15 is 0 Å². The number of cyclic esters (lactones) is 1. The first-order valence-corrected chi connectivity index (χ1v) is 11.9. The number of ether oxygens (including phenoxy) is 1. The highest BCUT2D eigenvalue weighted by atomic mass is 16.6. The standard InChI is InChI=1S/C29H26N4O3/c1-20(16-31-19-34)28-26(22-7-5-21(15-30)6-8-22)3-2-4-27(28)23-9-11-24(12-10-23)32-13-14-33-25(17-32)18-36-29(33)35/h2-12,16,19,25H,13-14,17-18H2,1H3,(H,31,34)/b20-16-. The summed E-state index contributed by atoms with van der Waals surface area (Å²) in [6.07, 6.45) is 2.15. The lowest BCUT2D eigenvalue weighted by Crippen LogP contribution is -2.52. The number of fused-ring (bicyclic) bond motifs is 1. The van der Waals surface area contributed by atoms with Crippen LogP contribution in [0.4, 0.5) is 10.5 Å². The molecule has 180 valence electrons. The highest BCUT2D eigenvalue weighted by Crippen LogP contribution is 2.37. The fraction of sp³-hybridized carbons (Fsp3) is 0.207. The maximum absolute atomic E-state index is 11.8. The van der Waals surface area contributed by atoms with Gasteiger partial charge >= 0.3 is 6.09 Å². The van der Waals surface area contributed by atoms with E-state index in [0.717, 1.165) is 52.2 Å². The zero-order valence-electron chi connectivity index (χ0n) is 20.0. The summed E-state index contributed by atoms with van der Waals surface area (Å²) in [4.78, 5) is 26.9. The van der Waals surface area contributed by atoms with Crippen LogP contribution in [0.3, 0.4) is 0 Å². The lowest BCUT2D eigenvalue weighted by atomic mass is 9.88. The molecule has 0 aliphatic carbocycles. The van der Waals surface area contributed by atoms with E-state index in [1.54, 1.807) is 6.20 Å². The third-order valence-electron chi connectivity index (χ3n) is 6.81.